The Balaban J connectivity index is 1.49. The third-order valence-electron chi connectivity index (χ3n) is 6.25. The van der Waals surface area contributed by atoms with E-state index in [1.807, 2.05) is 19.1 Å². The molecule has 7 nitrogen and oxygen atoms in total. The second-order valence-corrected chi connectivity index (χ2v) is 8.39. The first-order valence-electron chi connectivity index (χ1n) is 11.1. The van der Waals surface area contributed by atoms with Gasteiger partial charge in [-0.05, 0) is 75.6 Å². The molecule has 1 aromatic carbocycles. The van der Waals surface area contributed by atoms with Crippen LogP contribution in [0.4, 0.5) is 0 Å². The van der Waals surface area contributed by atoms with Gasteiger partial charge < -0.3 is 18.8 Å². The summed E-state index contributed by atoms with van der Waals surface area (Å²) in [5.74, 6) is 0.165. The number of piperidine rings is 1. The Hall–Kier alpha value is -2.83. The van der Waals surface area contributed by atoms with E-state index in [1.54, 1.807) is 11.8 Å². The maximum absolute atomic E-state index is 12.7. The van der Waals surface area contributed by atoms with Crippen LogP contribution in [0.25, 0.3) is 11.0 Å². The Kier molecular flexibility index (Phi) is 6.30. The van der Waals surface area contributed by atoms with E-state index in [4.69, 9.17) is 13.9 Å². The number of nitrogens with zero attached hydrogens (tertiary/aromatic N) is 1. The zero-order chi connectivity index (χ0) is 22.0. The molecule has 2 heterocycles. The molecule has 0 bridgehead atoms. The molecule has 0 saturated carbocycles. The highest BCUT2D eigenvalue weighted by atomic mass is 16.5. The first kappa shape index (κ1) is 21.4. The predicted molar refractivity (Wildman–Crippen MR) is 115 cm³/mol. The molecule has 2 aromatic rings. The van der Waals surface area contributed by atoms with Crippen molar-refractivity contribution in [3.63, 3.8) is 0 Å². The van der Waals surface area contributed by atoms with E-state index in [9.17, 15) is 14.4 Å². The van der Waals surface area contributed by atoms with Crippen LogP contribution in [-0.2, 0) is 27.2 Å². The molecule has 0 N–H and O–H groups in total. The average Bonchev–Trinajstić information content (AvgIpc) is 2.77. The minimum absolute atomic E-state index is 0.0868. The summed E-state index contributed by atoms with van der Waals surface area (Å²) >= 11 is 0. The molecule has 4 rings (SSSR count). The molecule has 31 heavy (non-hydrogen) atoms. The highest BCUT2D eigenvalue weighted by molar-refractivity contribution is 5.89. The molecule has 1 saturated heterocycles. The fourth-order valence-corrected chi connectivity index (χ4v) is 4.64. The molecule has 7 heteroatoms. The van der Waals surface area contributed by atoms with Crippen LogP contribution in [-0.4, -0.2) is 43.1 Å². The van der Waals surface area contributed by atoms with Crippen molar-refractivity contribution in [3.05, 3.63) is 39.2 Å². The van der Waals surface area contributed by atoms with Crippen LogP contribution in [0.3, 0.4) is 0 Å². The Morgan fingerprint density at radius 2 is 1.84 bits per heavy atom. The number of amides is 1. The van der Waals surface area contributed by atoms with Gasteiger partial charge in [-0.2, -0.15) is 0 Å². The lowest BCUT2D eigenvalue weighted by Crippen LogP contribution is -2.42. The average molecular weight is 427 g/mol. The topological polar surface area (TPSA) is 86.1 Å². The zero-order valence-corrected chi connectivity index (χ0v) is 18.2. The molecular formula is C24H29NO6. The monoisotopic (exact) mass is 427 g/mol. The fraction of sp³-hybridized carbons (Fsp3) is 0.542. The lowest BCUT2D eigenvalue weighted by atomic mass is 9.90. The Bertz CT molecular complexity index is 1050. The standard InChI is InChI=1S/C24H29NO6/c1-3-29-23(27)16-8-10-25(11-9-16)21(26)14-30-19-12-15(2)13-20-22(19)17-6-4-5-7-18(17)24(28)31-20/h12-13,16H,3-11,14H2,1-2H3. The first-order valence-corrected chi connectivity index (χ1v) is 11.1. The summed E-state index contributed by atoms with van der Waals surface area (Å²) in [5.41, 5.74) is 2.89. The number of hydrogen-bond acceptors (Lipinski definition) is 6. The van der Waals surface area contributed by atoms with Crippen molar-refractivity contribution >= 4 is 22.8 Å². The van der Waals surface area contributed by atoms with Crippen molar-refractivity contribution in [2.75, 3.05) is 26.3 Å². The van der Waals surface area contributed by atoms with E-state index in [2.05, 4.69) is 0 Å². The minimum atomic E-state index is -0.265. The molecule has 1 aliphatic heterocycles. The lowest BCUT2D eigenvalue weighted by Gasteiger charge is -2.30. The molecular weight excluding hydrogens is 398 g/mol. The van der Waals surface area contributed by atoms with Crippen LogP contribution < -0.4 is 10.4 Å². The number of hydrogen-bond donors (Lipinski definition) is 0. The van der Waals surface area contributed by atoms with E-state index in [1.165, 1.54) is 0 Å². The third-order valence-corrected chi connectivity index (χ3v) is 6.25. The fourth-order valence-electron chi connectivity index (χ4n) is 4.64. The summed E-state index contributed by atoms with van der Waals surface area (Å²) in [6, 6.07) is 3.75. The molecule has 0 spiro atoms. The lowest BCUT2D eigenvalue weighted by molar-refractivity contribution is -0.151. The normalized spacial score (nSPS) is 16.8. The number of aryl methyl sites for hydroxylation is 2. The first-order chi connectivity index (χ1) is 15.0. The Labute approximate surface area is 181 Å². The molecule has 1 amide bonds. The van der Waals surface area contributed by atoms with Crippen molar-refractivity contribution in [2.24, 2.45) is 5.92 Å². The second-order valence-electron chi connectivity index (χ2n) is 8.39. The van der Waals surface area contributed by atoms with Gasteiger partial charge in [0.2, 0.25) is 0 Å². The second kappa shape index (κ2) is 9.12. The van der Waals surface area contributed by atoms with Gasteiger partial charge in [0.25, 0.3) is 5.91 Å². The quantitative estimate of drug-likeness (QED) is 0.538. The smallest absolute Gasteiger partial charge is 0.339 e. The number of rotatable bonds is 5. The number of benzene rings is 1. The minimum Gasteiger partial charge on any atom is -0.483 e. The maximum atomic E-state index is 12.7. The van der Waals surface area contributed by atoms with Crippen molar-refractivity contribution in [1.82, 2.24) is 4.90 Å². The largest absolute Gasteiger partial charge is 0.483 e. The maximum Gasteiger partial charge on any atom is 0.339 e. The van der Waals surface area contributed by atoms with Gasteiger partial charge >= 0.3 is 11.6 Å². The van der Waals surface area contributed by atoms with Crippen LogP contribution in [0.15, 0.2) is 21.3 Å². The number of carbonyl (C=O) groups excluding carboxylic acids is 2. The predicted octanol–water partition coefficient (Wildman–Crippen LogP) is 3.16. The van der Waals surface area contributed by atoms with E-state index in [-0.39, 0.29) is 30.0 Å². The Morgan fingerprint density at radius 3 is 2.55 bits per heavy atom. The van der Waals surface area contributed by atoms with Gasteiger partial charge in [0.1, 0.15) is 11.3 Å². The van der Waals surface area contributed by atoms with Gasteiger partial charge in [0, 0.05) is 18.7 Å². The number of ether oxygens (including phenoxy) is 2. The van der Waals surface area contributed by atoms with Crippen LogP contribution in [0, 0.1) is 12.8 Å². The molecule has 1 aromatic heterocycles. The number of esters is 1. The molecule has 2 aliphatic rings. The van der Waals surface area contributed by atoms with E-state index in [0.717, 1.165) is 47.8 Å². The van der Waals surface area contributed by atoms with Crippen LogP contribution in [0.1, 0.15) is 49.3 Å². The third kappa shape index (κ3) is 4.45. The highest BCUT2D eigenvalue weighted by Crippen LogP contribution is 2.34. The number of fused-ring (bicyclic) bond motifs is 3. The molecule has 166 valence electrons. The number of carbonyl (C=O) groups is 2. The van der Waals surface area contributed by atoms with Crippen LogP contribution in [0.2, 0.25) is 0 Å². The molecule has 1 aliphatic carbocycles. The summed E-state index contributed by atoms with van der Waals surface area (Å²) < 4.78 is 16.7. The summed E-state index contributed by atoms with van der Waals surface area (Å²) in [5, 5.41) is 0.814. The molecule has 1 fully saturated rings. The van der Waals surface area contributed by atoms with Crippen molar-refractivity contribution in [1.29, 1.82) is 0 Å². The summed E-state index contributed by atoms with van der Waals surface area (Å²) in [4.78, 5) is 38.8. The van der Waals surface area contributed by atoms with Crippen molar-refractivity contribution in [3.8, 4) is 5.75 Å². The van der Waals surface area contributed by atoms with E-state index in [0.29, 0.717) is 43.9 Å². The number of likely N-dealkylation sites (tertiary alicyclic amines) is 1. The summed E-state index contributed by atoms with van der Waals surface area (Å²) in [6.07, 6.45) is 4.74. The summed E-state index contributed by atoms with van der Waals surface area (Å²) in [7, 11) is 0. The van der Waals surface area contributed by atoms with Gasteiger partial charge in [-0.3, -0.25) is 9.59 Å². The van der Waals surface area contributed by atoms with Gasteiger partial charge in [-0.25, -0.2) is 4.79 Å². The van der Waals surface area contributed by atoms with Gasteiger partial charge in [-0.1, -0.05) is 0 Å². The molecule has 0 radical (unpaired) electrons. The van der Waals surface area contributed by atoms with Gasteiger partial charge in [0.05, 0.1) is 17.9 Å². The summed E-state index contributed by atoms with van der Waals surface area (Å²) in [6.45, 7) is 5.03. The molecule has 0 unspecified atom stereocenters. The molecule has 0 atom stereocenters. The van der Waals surface area contributed by atoms with Crippen LogP contribution in [0.5, 0.6) is 5.75 Å². The van der Waals surface area contributed by atoms with Gasteiger partial charge in [0.15, 0.2) is 6.61 Å². The van der Waals surface area contributed by atoms with E-state index < -0.39 is 0 Å². The zero-order valence-electron chi connectivity index (χ0n) is 18.2. The Morgan fingerprint density at radius 1 is 1.13 bits per heavy atom. The van der Waals surface area contributed by atoms with E-state index >= 15 is 0 Å². The van der Waals surface area contributed by atoms with Crippen molar-refractivity contribution in [2.45, 2.75) is 52.4 Å². The highest BCUT2D eigenvalue weighted by Gasteiger charge is 2.28. The van der Waals surface area contributed by atoms with Crippen LogP contribution >= 0.6 is 0 Å². The SMILES string of the molecule is CCOC(=O)C1CCN(C(=O)COc2cc(C)cc3oc(=O)c4c(c23)CCCC4)CC1. The van der Waals surface area contributed by atoms with Gasteiger partial charge in [-0.15, -0.1) is 0 Å². The van der Waals surface area contributed by atoms with Crippen molar-refractivity contribution < 1.29 is 23.5 Å².